The molecule has 0 aliphatic carbocycles. The molecule has 1 spiro atoms. The van der Waals surface area contributed by atoms with Gasteiger partial charge in [0, 0.05) is 50.2 Å². The predicted molar refractivity (Wildman–Crippen MR) is 107 cm³/mol. The lowest BCUT2D eigenvalue weighted by Crippen LogP contribution is -2.44. The van der Waals surface area contributed by atoms with Crippen LogP contribution in [0.4, 0.5) is 0 Å². The fraction of sp³-hybridized carbons (Fsp3) is 0.619. The molecule has 3 rings (SSSR count). The zero-order valence-corrected chi connectivity index (χ0v) is 16.6. The molecule has 0 unspecified atom stereocenters. The van der Waals surface area contributed by atoms with Crippen LogP contribution in [0.1, 0.15) is 37.7 Å². The fourth-order valence-electron chi connectivity index (χ4n) is 4.22. The van der Waals surface area contributed by atoms with Crippen LogP contribution >= 0.6 is 11.8 Å². The molecular weight excluding hydrogens is 344 g/mol. The van der Waals surface area contributed by atoms with Crippen molar-refractivity contribution in [3.8, 4) is 0 Å². The SMILES string of the molecule is CSCCC(=O)N1CCC2(CC1)CC(=O)N(CCCc1ccccc1)C2. The number of aryl methyl sites for hydroxylation is 1. The Hall–Kier alpha value is -1.49. The Bertz CT molecular complexity index is 612. The van der Waals surface area contributed by atoms with Gasteiger partial charge in [0.25, 0.3) is 0 Å². The van der Waals surface area contributed by atoms with Gasteiger partial charge in [0.15, 0.2) is 0 Å². The topological polar surface area (TPSA) is 40.6 Å². The molecular formula is C21H30N2O2S. The molecule has 0 bridgehead atoms. The lowest BCUT2D eigenvalue weighted by molar-refractivity contribution is -0.132. The molecule has 2 heterocycles. The van der Waals surface area contributed by atoms with E-state index < -0.39 is 0 Å². The highest BCUT2D eigenvalue weighted by atomic mass is 32.2. The van der Waals surface area contributed by atoms with Crippen LogP contribution in [0.25, 0.3) is 0 Å². The van der Waals surface area contributed by atoms with Gasteiger partial charge in [-0.3, -0.25) is 9.59 Å². The van der Waals surface area contributed by atoms with Gasteiger partial charge in [0.05, 0.1) is 0 Å². The molecule has 5 heteroatoms. The summed E-state index contributed by atoms with van der Waals surface area (Å²) < 4.78 is 0. The molecule has 0 aromatic heterocycles. The maximum absolute atomic E-state index is 12.5. The van der Waals surface area contributed by atoms with Crippen molar-refractivity contribution in [3.63, 3.8) is 0 Å². The monoisotopic (exact) mass is 374 g/mol. The number of rotatable bonds is 7. The summed E-state index contributed by atoms with van der Waals surface area (Å²) in [6, 6.07) is 10.5. The van der Waals surface area contributed by atoms with Gasteiger partial charge < -0.3 is 9.80 Å². The van der Waals surface area contributed by atoms with E-state index in [2.05, 4.69) is 29.2 Å². The third-order valence-corrected chi connectivity index (χ3v) is 6.45. The Labute approximate surface area is 161 Å². The first kappa shape index (κ1) is 19.3. The first-order chi connectivity index (χ1) is 12.6. The number of likely N-dealkylation sites (tertiary alicyclic amines) is 2. The molecule has 1 aromatic carbocycles. The van der Waals surface area contributed by atoms with Gasteiger partial charge in [-0.05, 0) is 37.5 Å². The van der Waals surface area contributed by atoms with Gasteiger partial charge in [-0.1, -0.05) is 30.3 Å². The average molecular weight is 375 g/mol. The van der Waals surface area contributed by atoms with Crippen LogP contribution in [0.2, 0.25) is 0 Å². The molecule has 0 radical (unpaired) electrons. The number of amides is 2. The number of nitrogens with zero attached hydrogens (tertiary/aromatic N) is 2. The second kappa shape index (κ2) is 8.94. The molecule has 2 aliphatic rings. The molecule has 2 aliphatic heterocycles. The summed E-state index contributed by atoms with van der Waals surface area (Å²) in [7, 11) is 0. The summed E-state index contributed by atoms with van der Waals surface area (Å²) in [5.74, 6) is 1.48. The average Bonchev–Trinajstić information content (AvgIpc) is 2.96. The third kappa shape index (κ3) is 4.81. The van der Waals surface area contributed by atoms with E-state index >= 15 is 0 Å². The predicted octanol–water partition coefficient (Wildman–Crippen LogP) is 3.21. The minimum atomic E-state index is 0.111. The van der Waals surface area contributed by atoms with Crippen molar-refractivity contribution in [2.75, 3.05) is 38.2 Å². The van der Waals surface area contributed by atoms with E-state index in [0.717, 1.165) is 57.6 Å². The molecule has 142 valence electrons. The van der Waals surface area contributed by atoms with Gasteiger partial charge in [0.1, 0.15) is 0 Å². The molecule has 0 saturated carbocycles. The third-order valence-electron chi connectivity index (χ3n) is 5.84. The highest BCUT2D eigenvalue weighted by molar-refractivity contribution is 7.98. The van der Waals surface area contributed by atoms with Crippen molar-refractivity contribution in [2.24, 2.45) is 5.41 Å². The van der Waals surface area contributed by atoms with Crippen molar-refractivity contribution >= 4 is 23.6 Å². The highest BCUT2D eigenvalue weighted by Crippen LogP contribution is 2.41. The normalized spacial score (nSPS) is 19.3. The van der Waals surface area contributed by atoms with Crippen LogP contribution < -0.4 is 0 Å². The lowest BCUT2D eigenvalue weighted by Gasteiger charge is -2.39. The Kier molecular flexibility index (Phi) is 6.63. The standard InChI is InChI=1S/C21H30N2O2S/c1-26-15-9-19(24)22-13-10-21(11-14-22)16-20(25)23(17-21)12-5-8-18-6-3-2-4-7-18/h2-4,6-7H,5,8-17H2,1H3. The van der Waals surface area contributed by atoms with Gasteiger partial charge in [0.2, 0.25) is 11.8 Å². The second-order valence-electron chi connectivity index (χ2n) is 7.70. The molecule has 0 N–H and O–H groups in total. The number of benzene rings is 1. The summed E-state index contributed by atoms with van der Waals surface area (Å²) in [4.78, 5) is 28.8. The molecule has 2 amide bonds. The Balaban J connectivity index is 1.45. The quantitative estimate of drug-likeness (QED) is 0.736. The summed E-state index contributed by atoms with van der Waals surface area (Å²) in [6.45, 7) is 3.37. The van der Waals surface area contributed by atoms with E-state index in [9.17, 15) is 9.59 Å². The van der Waals surface area contributed by atoms with Crippen LogP contribution in [0.5, 0.6) is 0 Å². The second-order valence-corrected chi connectivity index (χ2v) is 8.69. The Morgan fingerprint density at radius 1 is 1.19 bits per heavy atom. The number of thioether (sulfide) groups is 1. The van der Waals surface area contributed by atoms with Gasteiger partial charge >= 0.3 is 0 Å². The fourth-order valence-corrected chi connectivity index (χ4v) is 4.60. The smallest absolute Gasteiger partial charge is 0.223 e. The minimum absolute atomic E-state index is 0.111. The molecule has 0 atom stereocenters. The van der Waals surface area contributed by atoms with Crippen LogP contribution in [0.15, 0.2) is 30.3 Å². The van der Waals surface area contributed by atoms with E-state index in [1.54, 1.807) is 11.8 Å². The molecule has 2 fully saturated rings. The van der Waals surface area contributed by atoms with E-state index in [1.165, 1.54) is 5.56 Å². The first-order valence-corrected chi connectivity index (χ1v) is 11.1. The Morgan fingerprint density at radius 2 is 1.92 bits per heavy atom. The van der Waals surface area contributed by atoms with E-state index in [4.69, 9.17) is 0 Å². The van der Waals surface area contributed by atoms with Gasteiger partial charge in [-0.15, -0.1) is 0 Å². The lowest BCUT2D eigenvalue weighted by atomic mass is 9.77. The Morgan fingerprint density at radius 3 is 2.62 bits per heavy atom. The number of carbonyl (C=O) groups is 2. The van der Waals surface area contributed by atoms with Crippen molar-refractivity contribution < 1.29 is 9.59 Å². The molecule has 2 saturated heterocycles. The molecule has 26 heavy (non-hydrogen) atoms. The van der Waals surface area contributed by atoms with Crippen molar-refractivity contribution in [2.45, 2.75) is 38.5 Å². The zero-order chi connectivity index (χ0) is 18.4. The van der Waals surface area contributed by atoms with E-state index in [1.807, 2.05) is 17.2 Å². The highest BCUT2D eigenvalue weighted by Gasteiger charge is 2.45. The number of hydrogen-bond donors (Lipinski definition) is 0. The summed E-state index contributed by atoms with van der Waals surface area (Å²) in [5, 5.41) is 0. The zero-order valence-electron chi connectivity index (χ0n) is 15.8. The van der Waals surface area contributed by atoms with Crippen LogP contribution in [0.3, 0.4) is 0 Å². The van der Waals surface area contributed by atoms with Crippen LogP contribution in [-0.4, -0.2) is 59.8 Å². The minimum Gasteiger partial charge on any atom is -0.343 e. The number of hydrogen-bond acceptors (Lipinski definition) is 3. The largest absolute Gasteiger partial charge is 0.343 e. The van der Waals surface area contributed by atoms with Crippen molar-refractivity contribution in [3.05, 3.63) is 35.9 Å². The summed E-state index contributed by atoms with van der Waals surface area (Å²) >= 11 is 1.72. The maximum Gasteiger partial charge on any atom is 0.223 e. The molecule has 1 aromatic rings. The summed E-state index contributed by atoms with van der Waals surface area (Å²) in [5.41, 5.74) is 1.45. The van der Waals surface area contributed by atoms with E-state index in [-0.39, 0.29) is 11.3 Å². The van der Waals surface area contributed by atoms with Crippen molar-refractivity contribution in [1.82, 2.24) is 9.80 Å². The van der Waals surface area contributed by atoms with Crippen LogP contribution in [-0.2, 0) is 16.0 Å². The van der Waals surface area contributed by atoms with Gasteiger partial charge in [-0.25, -0.2) is 0 Å². The van der Waals surface area contributed by atoms with Crippen molar-refractivity contribution in [1.29, 1.82) is 0 Å². The van der Waals surface area contributed by atoms with Crippen LogP contribution in [0, 0.1) is 5.41 Å². The van der Waals surface area contributed by atoms with Gasteiger partial charge in [-0.2, -0.15) is 11.8 Å². The number of piperidine rings is 1. The first-order valence-electron chi connectivity index (χ1n) is 9.70. The van der Waals surface area contributed by atoms with E-state index in [0.29, 0.717) is 18.7 Å². The summed E-state index contributed by atoms with van der Waals surface area (Å²) in [6.07, 6.45) is 7.33. The number of carbonyl (C=O) groups excluding carboxylic acids is 2. The maximum atomic E-state index is 12.5. The molecule has 4 nitrogen and oxygen atoms in total.